The zero-order chi connectivity index (χ0) is 13.3. The Hall–Kier alpha value is -2.08. The van der Waals surface area contributed by atoms with E-state index in [0.29, 0.717) is 11.3 Å². The molecule has 0 spiro atoms. The molecule has 2 rings (SSSR count). The smallest absolute Gasteiger partial charge is 0.326 e. The number of nitrogens with zero attached hydrogens (tertiary/aromatic N) is 1. The molecule has 1 aliphatic heterocycles. The number of hydrogen-bond donors (Lipinski definition) is 3. The van der Waals surface area contributed by atoms with Gasteiger partial charge >= 0.3 is 5.97 Å². The van der Waals surface area contributed by atoms with Crippen LogP contribution in [0.5, 0.6) is 0 Å². The van der Waals surface area contributed by atoms with Gasteiger partial charge in [-0.15, -0.1) is 0 Å². The summed E-state index contributed by atoms with van der Waals surface area (Å²) in [6.45, 7) is 0.0323. The molecule has 0 saturated carbocycles. The predicted octanol–water partition coefficient (Wildman–Crippen LogP) is -0.0712. The van der Waals surface area contributed by atoms with Crippen molar-refractivity contribution in [1.29, 1.82) is 0 Å². The summed E-state index contributed by atoms with van der Waals surface area (Å²) in [7, 11) is 0. The first-order chi connectivity index (χ1) is 8.49. The number of benzene rings is 1. The van der Waals surface area contributed by atoms with E-state index in [2.05, 4.69) is 0 Å². The molecule has 1 aromatic rings. The number of aliphatic hydroxyl groups excluding tert-OH is 1. The van der Waals surface area contributed by atoms with Gasteiger partial charge in [-0.05, 0) is 18.2 Å². The SMILES string of the molecule is Nc1cccc(C(=O)N2CC(O)CC2C(=O)O)c1. The Morgan fingerprint density at radius 1 is 1.39 bits per heavy atom. The number of nitrogen functional groups attached to an aromatic ring is 1. The Balaban J connectivity index is 2.25. The van der Waals surface area contributed by atoms with E-state index in [9.17, 15) is 14.7 Å². The number of rotatable bonds is 2. The van der Waals surface area contributed by atoms with E-state index in [-0.39, 0.29) is 13.0 Å². The number of hydrogen-bond acceptors (Lipinski definition) is 4. The van der Waals surface area contributed by atoms with Crippen molar-refractivity contribution >= 4 is 17.6 Å². The number of aliphatic hydroxyl groups is 1. The highest BCUT2D eigenvalue weighted by Crippen LogP contribution is 2.21. The van der Waals surface area contributed by atoms with Crippen molar-refractivity contribution in [2.24, 2.45) is 0 Å². The molecule has 1 amide bonds. The molecule has 18 heavy (non-hydrogen) atoms. The van der Waals surface area contributed by atoms with Crippen molar-refractivity contribution in [2.45, 2.75) is 18.6 Å². The molecule has 2 unspecified atom stereocenters. The van der Waals surface area contributed by atoms with E-state index in [1.807, 2.05) is 0 Å². The van der Waals surface area contributed by atoms with Crippen LogP contribution in [0.4, 0.5) is 5.69 Å². The molecule has 0 bridgehead atoms. The van der Waals surface area contributed by atoms with Gasteiger partial charge in [0.05, 0.1) is 6.10 Å². The molecule has 96 valence electrons. The van der Waals surface area contributed by atoms with Crippen LogP contribution in [-0.2, 0) is 4.79 Å². The number of aliphatic carboxylic acids is 1. The maximum atomic E-state index is 12.2. The molecule has 1 heterocycles. The summed E-state index contributed by atoms with van der Waals surface area (Å²) in [5, 5.41) is 18.5. The normalized spacial score (nSPS) is 23.1. The number of β-amino-alcohol motifs (C(OH)–C–C–N with tert-alkyl or cyclic N) is 1. The second-order valence-corrected chi connectivity index (χ2v) is 4.33. The molecule has 1 aliphatic rings. The topological polar surface area (TPSA) is 104 Å². The lowest BCUT2D eigenvalue weighted by Gasteiger charge is -2.21. The molecule has 1 aromatic carbocycles. The molecular weight excluding hydrogens is 236 g/mol. The molecule has 0 aromatic heterocycles. The van der Waals surface area contributed by atoms with E-state index in [4.69, 9.17) is 10.8 Å². The van der Waals surface area contributed by atoms with Crippen molar-refractivity contribution in [3.05, 3.63) is 29.8 Å². The van der Waals surface area contributed by atoms with E-state index in [1.54, 1.807) is 18.2 Å². The first kappa shape index (κ1) is 12.4. The highest BCUT2D eigenvalue weighted by atomic mass is 16.4. The minimum absolute atomic E-state index is 0.0323. The Morgan fingerprint density at radius 2 is 2.11 bits per heavy atom. The van der Waals surface area contributed by atoms with Gasteiger partial charge in [0.1, 0.15) is 6.04 Å². The molecular formula is C12H14N2O4. The van der Waals surface area contributed by atoms with Gasteiger partial charge in [0, 0.05) is 24.2 Å². The summed E-state index contributed by atoms with van der Waals surface area (Å²) < 4.78 is 0. The van der Waals surface area contributed by atoms with E-state index in [0.717, 1.165) is 0 Å². The molecule has 4 N–H and O–H groups in total. The van der Waals surface area contributed by atoms with Gasteiger partial charge in [0.15, 0.2) is 0 Å². The molecule has 6 nitrogen and oxygen atoms in total. The van der Waals surface area contributed by atoms with Crippen LogP contribution in [0, 0.1) is 0 Å². The summed E-state index contributed by atoms with van der Waals surface area (Å²) in [5.74, 6) is -1.53. The van der Waals surface area contributed by atoms with Crippen LogP contribution in [0.2, 0.25) is 0 Å². The van der Waals surface area contributed by atoms with Crippen LogP contribution in [0.15, 0.2) is 24.3 Å². The fourth-order valence-electron chi connectivity index (χ4n) is 2.11. The average Bonchev–Trinajstić information content (AvgIpc) is 2.70. The number of carbonyl (C=O) groups excluding carboxylic acids is 1. The molecule has 2 atom stereocenters. The van der Waals surface area contributed by atoms with Gasteiger partial charge in [0.2, 0.25) is 0 Å². The number of carbonyl (C=O) groups is 2. The Kier molecular flexibility index (Phi) is 3.20. The molecule has 1 fully saturated rings. The zero-order valence-electron chi connectivity index (χ0n) is 9.61. The lowest BCUT2D eigenvalue weighted by atomic mass is 10.1. The minimum Gasteiger partial charge on any atom is -0.480 e. The van der Waals surface area contributed by atoms with E-state index in [1.165, 1.54) is 11.0 Å². The van der Waals surface area contributed by atoms with Gasteiger partial charge in [-0.1, -0.05) is 6.07 Å². The summed E-state index contributed by atoms with van der Waals surface area (Å²) in [6, 6.07) is 5.36. The fourth-order valence-corrected chi connectivity index (χ4v) is 2.11. The number of amides is 1. The number of carboxylic acids is 1. The third kappa shape index (κ3) is 2.28. The van der Waals surface area contributed by atoms with Gasteiger partial charge in [-0.2, -0.15) is 0 Å². The van der Waals surface area contributed by atoms with Crippen LogP contribution in [0.3, 0.4) is 0 Å². The van der Waals surface area contributed by atoms with Crippen LogP contribution >= 0.6 is 0 Å². The number of likely N-dealkylation sites (tertiary alicyclic amines) is 1. The van der Waals surface area contributed by atoms with Crippen molar-refractivity contribution in [1.82, 2.24) is 4.90 Å². The highest BCUT2D eigenvalue weighted by Gasteiger charge is 2.39. The van der Waals surface area contributed by atoms with E-state index < -0.39 is 24.0 Å². The van der Waals surface area contributed by atoms with Gasteiger partial charge in [0.25, 0.3) is 5.91 Å². The fraction of sp³-hybridized carbons (Fsp3) is 0.333. The standard InChI is InChI=1S/C12H14N2O4/c13-8-3-1-2-7(4-8)11(16)14-6-9(15)5-10(14)12(17)18/h1-4,9-10,15H,5-6,13H2,(H,17,18). The van der Waals surface area contributed by atoms with Crippen molar-refractivity contribution in [3.8, 4) is 0 Å². The van der Waals surface area contributed by atoms with Crippen LogP contribution < -0.4 is 5.73 Å². The van der Waals surface area contributed by atoms with Crippen LogP contribution in [-0.4, -0.2) is 45.7 Å². The second kappa shape index (κ2) is 4.66. The van der Waals surface area contributed by atoms with Crippen LogP contribution in [0.1, 0.15) is 16.8 Å². The lowest BCUT2D eigenvalue weighted by molar-refractivity contribution is -0.141. The molecule has 6 heteroatoms. The Labute approximate surface area is 104 Å². The lowest BCUT2D eigenvalue weighted by Crippen LogP contribution is -2.40. The highest BCUT2D eigenvalue weighted by molar-refractivity contribution is 5.97. The van der Waals surface area contributed by atoms with Gasteiger partial charge < -0.3 is 20.8 Å². The summed E-state index contributed by atoms with van der Waals surface area (Å²) in [5.41, 5.74) is 6.35. The quantitative estimate of drug-likeness (QED) is 0.637. The summed E-state index contributed by atoms with van der Waals surface area (Å²) in [4.78, 5) is 24.4. The number of anilines is 1. The third-order valence-electron chi connectivity index (χ3n) is 2.96. The molecule has 0 aliphatic carbocycles. The number of nitrogens with two attached hydrogens (primary N) is 1. The second-order valence-electron chi connectivity index (χ2n) is 4.33. The number of carboxylic acid groups (broad SMARTS) is 1. The van der Waals surface area contributed by atoms with Crippen molar-refractivity contribution in [2.75, 3.05) is 12.3 Å². The Bertz CT molecular complexity index is 489. The average molecular weight is 250 g/mol. The predicted molar refractivity (Wildman–Crippen MR) is 63.9 cm³/mol. The monoisotopic (exact) mass is 250 g/mol. The largest absolute Gasteiger partial charge is 0.480 e. The zero-order valence-corrected chi connectivity index (χ0v) is 9.61. The van der Waals surface area contributed by atoms with E-state index >= 15 is 0 Å². The van der Waals surface area contributed by atoms with Gasteiger partial charge in [-0.3, -0.25) is 4.79 Å². The maximum absolute atomic E-state index is 12.2. The van der Waals surface area contributed by atoms with Gasteiger partial charge in [-0.25, -0.2) is 4.79 Å². The van der Waals surface area contributed by atoms with Crippen LogP contribution in [0.25, 0.3) is 0 Å². The summed E-state index contributed by atoms with van der Waals surface area (Å²) in [6.07, 6.45) is -0.736. The molecule has 1 saturated heterocycles. The third-order valence-corrected chi connectivity index (χ3v) is 2.96. The van der Waals surface area contributed by atoms with Crippen molar-refractivity contribution in [3.63, 3.8) is 0 Å². The Morgan fingerprint density at radius 3 is 2.72 bits per heavy atom. The maximum Gasteiger partial charge on any atom is 0.326 e. The molecule has 0 radical (unpaired) electrons. The summed E-state index contributed by atoms with van der Waals surface area (Å²) >= 11 is 0. The minimum atomic E-state index is -1.11. The first-order valence-electron chi connectivity index (χ1n) is 5.56. The first-order valence-corrected chi connectivity index (χ1v) is 5.56. The van der Waals surface area contributed by atoms with Crippen molar-refractivity contribution < 1.29 is 19.8 Å².